The van der Waals surface area contributed by atoms with Crippen molar-refractivity contribution in [2.75, 3.05) is 31.7 Å². The van der Waals surface area contributed by atoms with Gasteiger partial charge in [0.2, 0.25) is 5.91 Å². The zero-order chi connectivity index (χ0) is 34.2. The molecule has 0 aromatic heterocycles. The fourth-order valence-corrected chi connectivity index (χ4v) is 10.3. The van der Waals surface area contributed by atoms with Crippen LogP contribution in [0.2, 0.25) is 0 Å². The van der Waals surface area contributed by atoms with Crippen molar-refractivity contribution >= 4 is 66.3 Å². The minimum absolute atomic E-state index is 0.0674. The van der Waals surface area contributed by atoms with Gasteiger partial charge in [0, 0.05) is 32.5 Å². The number of hydrogen-bond acceptors (Lipinski definition) is 6. The Kier molecular flexibility index (Phi) is 9.69. The summed E-state index contributed by atoms with van der Waals surface area (Å²) >= 11 is 6.33. The predicted molar refractivity (Wildman–Crippen MR) is 194 cm³/mol. The van der Waals surface area contributed by atoms with Crippen LogP contribution in [-0.2, 0) is 38.3 Å². The normalized spacial score (nSPS) is 15.0. The molecule has 0 N–H and O–H groups in total. The molecule has 48 heavy (non-hydrogen) atoms. The number of amides is 1. The predicted octanol–water partition coefficient (Wildman–Crippen LogP) is 5.24. The second kappa shape index (κ2) is 13.8. The first kappa shape index (κ1) is 33.8. The first-order chi connectivity index (χ1) is 23.2. The van der Waals surface area contributed by atoms with Crippen molar-refractivity contribution in [3.63, 3.8) is 0 Å². The number of benzene rings is 4. The second-order valence-electron chi connectivity index (χ2n) is 12.4. The quantitative estimate of drug-likeness (QED) is 0.0792. The lowest BCUT2D eigenvalue weighted by molar-refractivity contribution is -0.168. The number of carbonyl (C=O) groups is 3. The van der Waals surface area contributed by atoms with Crippen LogP contribution in [0.15, 0.2) is 84.9 Å². The minimum atomic E-state index is -1.48. The van der Waals surface area contributed by atoms with Crippen molar-refractivity contribution in [3.8, 4) is 0 Å². The van der Waals surface area contributed by atoms with E-state index < -0.39 is 32.4 Å². The molecule has 0 spiro atoms. The topological polar surface area (TPSA) is 76.2 Å². The summed E-state index contributed by atoms with van der Waals surface area (Å²) in [5, 5.41) is 2.30. The summed E-state index contributed by atoms with van der Waals surface area (Å²) < 4.78 is 12.9. The molecule has 1 amide bonds. The van der Waals surface area contributed by atoms with Gasteiger partial charge in [-0.15, -0.1) is 11.6 Å². The Bertz CT molecular complexity index is 1820. The molecule has 2 aliphatic rings. The number of rotatable bonds is 9. The average molecular weight is 681 g/mol. The van der Waals surface area contributed by atoms with Gasteiger partial charge in [-0.2, -0.15) is 0 Å². The van der Waals surface area contributed by atoms with Crippen LogP contribution in [0.3, 0.4) is 0 Å². The van der Waals surface area contributed by atoms with Crippen LogP contribution in [0.1, 0.15) is 44.6 Å². The number of nitrogens with zero attached hydrogens (tertiary/aromatic N) is 2. The molecule has 0 atom stereocenters. The van der Waals surface area contributed by atoms with Crippen LogP contribution in [0, 0.1) is 19.3 Å². The van der Waals surface area contributed by atoms with Gasteiger partial charge in [-0.1, -0.05) is 72.8 Å². The van der Waals surface area contributed by atoms with Crippen molar-refractivity contribution in [2.24, 2.45) is 5.41 Å². The molecular weight excluding hydrogens is 642 g/mol. The van der Waals surface area contributed by atoms with Gasteiger partial charge in [0.1, 0.15) is 0 Å². The molecular formula is C38H39BClN2O5P. The molecule has 0 radical (unpaired) electrons. The lowest BCUT2D eigenvalue weighted by Crippen LogP contribution is -2.64. The van der Waals surface area contributed by atoms with Gasteiger partial charge in [-0.3, -0.25) is 14.4 Å². The molecule has 4 aromatic carbocycles. The summed E-state index contributed by atoms with van der Waals surface area (Å²) in [5.74, 6) is -0.811. The lowest BCUT2D eigenvalue weighted by Gasteiger charge is -2.47. The van der Waals surface area contributed by atoms with Crippen molar-refractivity contribution in [1.29, 1.82) is 0 Å². The number of hydrogen-bond donors (Lipinski definition) is 0. The van der Waals surface area contributed by atoms with E-state index in [4.69, 9.17) is 21.1 Å². The van der Waals surface area contributed by atoms with Crippen molar-refractivity contribution in [3.05, 3.63) is 118 Å². The number of alkyl halides is 1. The van der Waals surface area contributed by atoms with Gasteiger partial charge in [0.15, 0.2) is 5.41 Å². The third kappa shape index (κ3) is 5.49. The maximum Gasteiger partial charge on any atom is 0.418 e. The van der Waals surface area contributed by atoms with Crippen LogP contribution >= 0.6 is 19.7 Å². The highest BCUT2D eigenvalue weighted by atomic mass is 35.5. The Morgan fingerprint density at radius 1 is 0.833 bits per heavy atom. The van der Waals surface area contributed by atoms with Crippen LogP contribution < -0.4 is 20.7 Å². The Hall–Kier alpha value is -4.13. The van der Waals surface area contributed by atoms with Crippen LogP contribution in [-0.4, -0.2) is 56.8 Å². The standard InChI is InChI=1S/C38H39BClN2O5P/c1-25-29(20-14-22-40)34(26(2)32-24-38(23-31(25)32,36(44)46-4)37(45)47-5)39-41(3)35(43)30-19-12-13-21-33(30)42(39)48(27-15-8-6-9-16-27)28-17-10-7-11-18-28/h6-13,15-19,21H,14,20,22-24H2,1-5H3. The fourth-order valence-electron chi connectivity index (χ4n) is 7.57. The Balaban J connectivity index is 1.67. The van der Waals surface area contributed by atoms with Gasteiger partial charge >= 0.3 is 18.9 Å². The number of ether oxygens (including phenoxy) is 2. The number of carbonyl (C=O) groups excluding carboxylic acids is 3. The molecule has 1 aliphatic heterocycles. The zero-order valence-electron chi connectivity index (χ0n) is 28.0. The van der Waals surface area contributed by atoms with Gasteiger partial charge in [-0.25, -0.2) is 0 Å². The molecule has 0 fully saturated rings. The molecule has 246 valence electrons. The second-order valence-corrected chi connectivity index (χ2v) is 14.9. The highest BCUT2D eigenvalue weighted by Gasteiger charge is 2.55. The molecule has 0 saturated carbocycles. The van der Waals surface area contributed by atoms with Gasteiger partial charge in [0.25, 0.3) is 0 Å². The van der Waals surface area contributed by atoms with Crippen LogP contribution in [0.25, 0.3) is 0 Å². The molecule has 0 bridgehead atoms. The highest BCUT2D eigenvalue weighted by molar-refractivity contribution is 7.76. The first-order valence-corrected chi connectivity index (χ1v) is 17.9. The molecule has 1 heterocycles. The molecule has 0 saturated heterocycles. The fraction of sp³-hybridized carbons (Fsp3) is 0.289. The smallest absolute Gasteiger partial charge is 0.418 e. The molecule has 4 aromatic rings. The van der Waals surface area contributed by atoms with E-state index in [0.717, 1.165) is 56.0 Å². The summed E-state index contributed by atoms with van der Waals surface area (Å²) in [6.45, 7) is 3.63. The number of esters is 2. The van der Waals surface area contributed by atoms with E-state index >= 15 is 0 Å². The van der Waals surface area contributed by atoms with E-state index in [1.165, 1.54) is 14.2 Å². The maximum atomic E-state index is 14.3. The van der Waals surface area contributed by atoms with E-state index in [9.17, 15) is 14.4 Å². The Morgan fingerprint density at radius 3 is 1.90 bits per heavy atom. The molecule has 0 unspecified atom stereocenters. The summed E-state index contributed by atoms with van der Waals surface area (Å²) in [7, 11) is 3.29. The van der Waals surface area contributed by atoms with Crippen LogP contribution in [0.4, 0.5) is 5.69 Å². The first-order valence-electron chi connectivity index (χ1n) is 16.1. The average Bonchev–Trinajstić information content (AvgIpc) is 3.55. The van der Waals surface area contributed by atoms with E-state index in [1.807, 2.05) is 48.3 Å². The number of para-hydroxylation sites is 1. The van der Waals surface area contributed by atoms with E-state index in [1.54, 1.807) is 0 Å². The molecule has 7 nitrogen and oxygen atoms in total. The summed E-state index contributed by atoms with van der Waals surface area (Å²) in [4.78, 5) is 42.9. The lowest BCUT2D eigenvalue weighted by atomic mass is 9.58. The Morgan fingerprint density at radius 2 is 1.35 bits per heavy atom. The minimum Gasteiger partial charge on any atom is -0.468 e. The Labute approximate surface area is 289 Å². The summed E-state index contributed by atoms with van der Waals surface area (Å²) in [6.07, 6.45) is 1.74. The van der Waals surface area contributed by atoms with E-state index in [-0.39, 0.29) is 18.7 Å². The monoisotopic (exact) mass is 680 g/mol. The number of halogens is 1. The highest BCUT2D eigenvalue weighted by Crippen LogP contribution is 2.48. The number of anilines is 1. The van der Waals surface area contributed by atoms with Gasteiger partial charge in [0.05, 0.1) is 19.8 Å². The largest absolute Gasteiger partial charge is 0.468 e. The number of fused-ring (bicyclic) bond motifs is 2. The van der Waals surface area contributed by atoms with Gasteiger partial charge < -0.3 is 18.9 Å². The zero-order valence-corrected chi connectivity index (χ0v) is 29.6. The molecule has 6 rings (SSSR count). The third-order valence-electron chi connectivity index (χ3n) is 9.90. The molecule has 1 aliphatic carbocycles. The number of methoxy groups -OCH3 is 2. The summed E-state index contributed by atoms with van der Waals surface area (Å²) in [6, 6.07) is 28.7. The SMILES string of the molecule is COC(=O)C1(C(=O)OC)Cc2c(C)c(CCCCl)c(B3N(C)C(=O)c4ccccc4N3P(c3ccccc3)c3ccccc3)c(C)c2C1. The third-order valence-corrected chi connectivity index (χ3v) is 12.6. The van der Waals surface area contributed by atoms with E-state index in [2.05, 4.69) is 67.0 Å². The van der Waals surface area contributed by atoms with Crippen molar-refractivity contribution in [2.45, 2.75) is 39.5 Å². The summed E-state index contributed by atoms with van der Waals surface area (Å²) in [5.41, 5.74) is 5.97. The van der Waals surface area contributed by atoms with Crippen LogP contribution in [0.5, 0.6) is 0 Å². The molecule has 10 heteroatoms. The maximum absolute atomic E-state index is 14.3. The van der Waals surface area contributed by atoms with Gasteiger partial charge in [-0.05, 0) is 89.8 Å². The van der Waals surface area contributed by atoms with E-state index in [0.29, 0.717) is 17.9 Å². The van der Waals surface area contributed by atoms with Crippen molar-refractivity contribution < 1.29 is 23.9 Å². The van der Waals surface area contributed by atoms with Crippen molar-refractivity contribution in [1.82, 2.24) is 4.81 Å².